The van der Waals surface area contributed by atoms with Gasteiger partial charge >= 0.3 is 0 Å². The molecule has 284 valence electrons. The van der Waals surface area contributed by atoms with Crippen molar-refractivity contribution in [1.29, 1.82) is 0 Å². The van der Waals surface area contributed by atoms with Gasteiger partial charge in [-0.3, -0.25) is 0 Å². The molecular formula is C41H63N3O7. The number of aliphatic hydroxyl groups is 4. The topological polar surface area (TPSA) is 170 Å². The maximum Gasteiger partial charge on any atom is 0.189 e. The maximum absolute atomic E-state index is 11.2. The Hall–Kier alpha value is -2.57. The number of aromatic hydroxyl groups is 1. The van der Waals surface area contributed by atoms with Gasteiger partial charge in [0.05, 0.1) is 18.1 Å². The van der Waals surface area contributed by atoms with Gasteiger partial charge in [0.15, 0.2) is 29.4 Å². The van der Waals surface area contributed by atoms with E-state index in [0.29, 0.717) is 48.9 Å². The molecule has 10 nitrogen and oxygen atoms in total. The molecule has 51 heavy (non-hydrogen) atoms. The zero-order valence-corrected chi connectivity index (χ0v) is 30.6. The number of hydrogen-bond acceptors (Lipinski definition) is 10. The minimum atomic E-state index is -0.929. The number of rotatable bonds is 22. The van der Waals surface area contributed by atoms with Crippen LogP contribution in [0.1, 0.15) is 102 Å². The fraction of sp³-hybridized carbons (Fsp3) is 0.683. The number of unbranched alkanes of at least 4 members (excludes halogenated alkanes) is 3. The highest BCUT2D eigenvalue weighted by Crippen LogP contribution is 2.47. The van der Waals surface area contributed by atoms with Crippen molar-refractivity contribution in [3.05, 3.63) is 59.2 Å². The van der Waals surface area contributed by atoms with E-state index >= 15 is 0 Å². The van der Waals surface area contributed by atoms with E-state index in [1.165, 1.54) is 24.8 Å². The van der Waals surface area contributed by atoms with Gasteiger partial charge in [-0.1, -0.05) is 57.1 Å². The van der Waals surface area contributed by atoms with E-state index in [-0.39, 0.29) is 37.7 Å². The fourth-order valence-corrected chi connectivity index (χ4v) is 8.46. The van der Waals surface area contributed by atoms with Crippen molar-refractivity contribution < 1.29 is 35.0 Å². The van der Waals surface area contributed by atoms with Gasteiger partial charge in [-0.25, -0.2) is 0 Å². The summed E-state index contributed by atoms with van der Waals surface area (Å²) < 4.78 is 12.2. The van der Waals surface area contributed by atoms with Crippen LogP contribution in [0.4, 0.5) is 0 Å². The summed E-state index contributed by atoms with van der Waals surface area (Å²) in [5.41, 5.74) is 10.3. The Morgan fingerprint density at radius 2 is 1.92 bits per heavy atom. The van der Waals surface area contributed by atoms with Crippen molar-refractivity contribution in [2.24, 2.45) is 28.5 Å². The predicted molar refractivity (Wildman–Crippen MR) is 200 cm³/mol. The monoisotopic (exact) mass is 709 g/mol. The minimum Gasteiger partial charge on any atom is -0.504 e. The number of nitrogens with zero attached hydrogens (tertiary/aromatic N) is 1. The van der Waals surface area contributed by atoms with E-state index < -0.39 is 12.2 Å². The third kappa shape index (κ3) is 11.5. The predicted octanol–water partition coefficient (Wildman–Crippen LogP) is 5.06. The number of nitrogens with two attached hydrogens (primary N) is 1. The largest absolute Gasteiger partial charge is 0.504 e. The smallest absolute Gasteiger partial charge is 0.189 e. The van der Waals surface area contributed by atoms with Crippen LogP contribution in [0.15, 0.2) is 46.5 Å². The number of hydrogen-bond donors (Lipinski definition) is 7. The molecule has 0 radical (unpaired) electrons. The highest BCUT2D eigenvalue weighted by atomic mass is 16.5. The van der Waals surface area contributed by atoms with Crippen molar-refractivity contribution in [3.63, 3.8) is 0 Å². The standard InChI is InChI=1S/C41H63N3O7/c1-27(47)23-43-24-35-33-11-6-8-29(33)15-17-36-34(35)22-37(44-36)39(49)26-50-41-20-28(14-18-38(41)48)13-16-32-21-30(25-46)40(51-32)12-5-3-2-4-9-31(42)10-7-19-45/h14,18,20-22,27,29,31,33,35,39-40,43,45-49H,2-13,15-17,19,23-26,42H2,1H3. The third-order valence-electron chi connectivity index (χ3n) is 11.3. The second kappa shape index (κ2) is 20.0. The number of aliphatic hydroxyl groups excluding tert-OH is 4. The summed E-state index contributed by atoms with van der Waals surface area (Å²) in [4.78, 5) is 4.90. The summed E-state index contributed by atoms with van der Waals surface area (Å²) in [6, 6.07) is 6.10. The summed E-state index contributed by atoms with van der Waals surface area (Å²) in [6.07, 6.45) is 18.4. The fourth-order valence-electron chi connectivity index (χ4n) is 8.46. The molecule has 1 aromatic carbocycles. The van der Waals surface area contributed by atoms with Crippen LogP contribution in [0.3, 0.4) is 0 Å². The van der Waals surface area contributed by atoms with E-state index in [0.717, 1.165) is 93.7 Å². The lowest BCUT2D eigenvalue weighted by Crippen LogP contribution is -2.34. The number of fused-ring (bicyclic) bond motifs is 2. The second-order valence-electron chi connectivity index (χ2n) is 15.3. The molecule has 2 saturated carbocycles. The lowest BCUT2D eigenvalue weighted by atomic mass is 9.80. The van der Waals surface area contributed by atoms with Gasteiger partial charge in [0, 0.05) is 44.9 Å². The quantitative estimate of drug-likeness (QED) is 0.0642. The van der Waals surface area contributed by atoms with Crippen LogP contribution in [0, 0.1) is 29.9 Å². The van der Waals surface area contributed by atoms with Crippen LogP contribution < -0.4 is 15.8 Å². The van der Waals surface area contributed by atoms with Gasteiger partial charge in [0.2, 0.25) is 0 Å². The minimum absolute atomic E-state index is 0.0176. The number of ether oxygens (including phenoxy) is 2. The number of nitrogens with one attached hydrogen (secondary N) is 1. The molecule has 0 amide bonds. The summed E-state index contributed by atoms with van der Waals surface area (Å²) in [6.45, 7) is 3.31. The highest BCUT2D eigenvalue weighted by Gasteiger charge is 2.47. The summed E-state index contributed by atoms with van der Waals surface area (Å²) in [7, 11) is 0. The molecule has 7 unspecified atom stereocenters. The molecular weight excluding hydrogens is 646 g/mol. The number of benzene rings is 1. The van der Waals surface area contributed by atoms with E-state index in [1.54, 1.807) is 13.0 Å². The molecule has 2 aliphatic heterocycles. The maximum atomic E-state index is 11.2. The van der Waals surface area contributed by atoms with Gasteiger partial charge in [-0.05, 0) is 81.4 Å². The number of aliphatic imine (C=N–C) groups is 1. The summed E-state index contributed by atoms with van der Waals surface area (Å²) in [5.74, 6) is 1.96. The van der Waals surface area contributed by atoms with E-state index in [2.05, 4.69) is 11.4 Å². The average molecular weight is 710 g/mol. The first-order chi connectivity index (χ1) is 24.7. The molecule has 2 aliphatic carbocycles. The van der Waals surface area contributed by atoms with Crippen LogP contribution in [0.5, 0.6) is 11.5 Å². The van der Waals surface area contributed by atoms with Gasteiger partial charge in [0.25, 0.3) is 0 Å². The molecule has 2 fully saturated rings. The van der Waals surface area contributed by atoms with Crippen molar-refractivity contribution in [3.8, 4) is 11.5 Å². The lowest BCUT2D eigenvalue weighted by molar-refractivity contribution is 0.102. The third-order valence-corrected chi connectivity index (χ3v) is 11.3. The molecule has 1 aromatic rings. The SMILES string of the molecule is CC(O)CNCC1C2=C[C+](C(O)COc3cc(CC[C-]4C=C(CO)C(CCCCCCC(N)CCCO)O4)ccc3O)N=C2CCC2CCCC21. The summed E-state index contributed by atoms with van der Waals surface area (Å²) >= 11 is 0. The van der Waals surface area contributed by atoms with E-state index in [4.69, 9.17) is 25.3 Å². The van der Waals surface area contributed by atoms with E-state index in [1.807, 2.05) is 18.2 Å². The first-order valence-corrected chi connectivity index (χ1v) is 19.6. The molecule has 0 saturated heterocycles. The molecule has 8 N–H and O–H groups in total. The number of aryl methyl sites for hydroxylation is 1. The van der Waals surface area contributed by atoms with Crippen LogP contribution in [0.2, 0.25) is 0 Å². The lowest BCUT2D eigenvalue weighted by Gasteiger charge is -2.24. The zero-order chi connectivity index (χ0) is 36.2. The Kier molecular flexibility index (Phi) is 15.6. The molecule has 10 heteroatoms. The Labute approximate surface area is 305 Å². The summed E-state index contributed by atoms with van der Waals surface area (Å²) in [5, 5.41) is 53.9. The first kappa shape index (κ1) is 39.6. The van der Waals surface area contributed by atoms with Crippen LogP contribution in [0.25, 0.3) is 0 Å². The molecule has 4 aliphatic rings. The van der Waals surface area contributed by atoms with Gasteiger partial charge in [-0.2, -0.15) is 11.6 Å². The van der Waals surface area contributed by atoms with Gasteiger partial charge in [-0.15, -0.1) is 4.99 Å². The van der Waals surface area contributed by atoms with Crippen molar-refractivity contribution in [1.82, 2.24) is 5.32 Å². The Morgan fingerprint density at radius 3 is 2.73 bits per heavy atom. The van der Waals surface area contributed by atoms with Crippen molar-refractivity contribution >= 4 is 5.71 Å². The first-order valence-electron chi connectivity index (χ1n) is 19.6. The molecule has 0 bridgehead atoms. The molecule has 0 aromatic heterocycles. The Balaban J connectivity index is 1.08. The second-order valence-corrected chi connectivity index (χ2v) is 15.3. The Bertz CT molecular complexity index is 1320. The zero-order valence-electron chi connectivity index (χ0n) is 30.6. The van der Waals surface area contributed by atoms with Crippen molar-refractivity contribution in [2.75, 3.05) is 32.9 Å². The molecule has 5 rings (SSSR count). The van der Waals surface area contributed by atoms with E-state index in [9.17, 15) is 20.4 Å². The van der Waals surface area contributed by atoms with Crippen molar-refractivity contribution in [2.45, 2.75) is 128 Å². The normalized spacial score (nSPS) is 24.8. The van der Waals surface area contributed by atoms with Crippen LogP contribution in [-0.4, -0.2) is 88.5 Å². The molecule has 7 atom stereocenters. The number of phenols is 1. The van der Waals surface area contributed by atoms with Crippen LogP contribution in [-0.2, 0) is 11.2 Å². The van der Waals surface area contributed by atoms with Gasteiger partial charge < -0.3 is 46.1 Å². The molecule has 0 spiro atoms. The Morgan fingerprint density at radius 1 is 1.10 bits per heavy atom. The average Bonchev–Trinajstić information content (AvgIpc) is 3.85. The number of phenolic OH excluding ortho intramolecular Hbond substituents is 1. The molecule has 2 heterocycles. The highest BCUT2D eigenvalue weighted by molar-refractivity contribution is 6.04. The van der Waals surface area contributed by atoms with Gasteiger partial charge in [0.1, 0.15) is 12.2 Å². The van der Waals surface area contributed by atoms with Crippen LogP contribution >= 0.6 is 0 Å².